The van der Waals surface area contributed by atoms with Crippen molar-refractivity contribution in [1.29, 1.82) is 5.26 Å². The Morgan fingerprint density at radius 1 is 0.754 bits per heavy atom. The number of imide groups is 1. The summed E-state index contributed by atoms with van der Waals surface area (Å²) in [5.41, 5.74) is 6.19. The quantitative estimate of drug-likeness (QED) is 0.293. The van der Waals surface area contributed by atoms with E-state index in [-0.39, 0.29) is 23.3 Å². The fraction of sp³-hybridized carbons (Fsp3) is 0.511. The van der Waals surface area contributed by atoms with Crippen LogP contribution in [0.4, 0.5) is 27.5 Å². The zero-order valence-electron chi connectivity index (χ0n) is 33.0. The van der Waals surface area contributed by atoms with Gasteiger partial charge in [-0.25, -0.2) is 4.79 Å². The standard InChI is InChI=1S/C45H53ClN8O3/c1-32-27-45(31-54(32)38-10-7-34(30-47)40(46)26-38)14-17-49(18-15-45)35-8-5-33(6-9-35)42(56)52-19-12-44(13-20-52)28-39(29-44)51-23-21-50(22-24-51)36-3-2-4-37(25-36)53-16-11-41(55)48-43(53)57/h2-10,25-26,32,39H,11-24,27-29,31H2,1H3,(H,48,55,57). The first kappa shape index (κ1) is 37.8. The van der Waals surface area contributed by atoms with Crippen molar-refractivity contribution in [2.24, 2.45) is 10.8 Å². The number of benzene rings is 3. The molecule has 5 saturated heterocycles. The number of hydrogen-bond donors (Lipinski definition) is 1. The summed E-state index contributed by atoms with van der Waals surface area (Å²) in [4.78, 5) is 51.4. The Morgan fingerprint density at radius 2 is 1.42 bits per heavy atom. The summed E-state index contributed by atoms with van der Waals surface area (Å²) in [6.07, 6.45) is 8.35. The number of piperazine rings is 1. The van der Waals surface area contributed by atoms with E-state index < -0.39 is 0 Å². The van der Waals surface area contributed by atoms with Gasteiger partial charge < -0.3 is 19.6 Å². The molecule has 1 atom stereocenters. The lowest BCUT2D eigenvalue weighted by molar-refractivity contribution is -0.120. The molecule has 1 aliphatic carbocycles. The molecule has 6 fully saturated rings. The molecule has 5 aliphatic heterocycles. The van der Waals surface area contributed by atoms with E-state index in [4.69, 9.17) is 11.6 Å². The van der Waals surface area contributed by atoms with Gasteiger partial charge in [-0.3, -0.25) is 24.7 Å². The second-order valence-electron chi connectivity index (χ2n) is 17.6. The highest BCUT2D eigenvalue weighted by molar-refractivity contribution is 6.32. The summed E-state index contributed by atoms with van der Waals surface area (Å²) in [6, 6.07) is 25.1. The summed E-state index contributed by atoms with van der Waals surface area (Å²) < 4.78 is 0. The highest BCUT2D eigenvalue weighted by atomic mass is 35.5. The molecule has 0 aromatic heterocycles. The average Bonchev–Trinajstić information content (AvgIpc) is 3.54. The third kappa shape index (κ3) is 7.43. The van der Waals surface area contributed by atoms with Gasteiger partial charge >= 0.3 is 6.03 Å². The molecule has 57 heavy (non-hydrogen) atoms. The fourth-order valence-corrected chi connectivity index (χ4v) is 11.1. The molecule has 2 spiro atoms. The maximum atomic E-state index is 13.6. The maximum Gasteiger partial charge on any atom is 0.328 e. The molecule has 298 valence electrons. The second-order valence-corrected chi connectivity index (χ2v) is 18.1. The molecule has 6 aliphatic rings. The lowest BCUT2D eigenvalue weighted by Gasteiger charge is -2.56. The summed E-state index contributed by atoms with van der Waals surface area (Å²) in [6.45, 7) is 11.3. The van der Waals surface area contributed by atoms with Crippen molar-refractivity contribution >= 4 is 52.2 Å². The predicted molar refractivity (Wildman–Crippen MR) is 224 cm³/mol. The molecule has 12 heteroatoms. The van der Waals surface area contributed by atoms with Gasteiger partial charge in [-0.2, -0.15) is 5.26 Å². The van der Waals surface area contributed by atoms with Gasteiger partial charge in [-0.05, 0) is 123 Å². The van der Waals surface area contributed by atoms with Gasteiger partial charge in [0.25, 0.3) is 5.91 Å². The molecular weight excluding hydrogens is 736 g/mol. The first-order valence-corrected chi connectivity index (χ1v) is 21.3. The average molecular weight is 789 g/mol. The Hall–Kier alpha value is -4.79. The monoisotopic (exact) mass is 788 g/mol. The van der Waals surface area contributed by atoms with Gasteiger partial charge in [0.1, 0.15) is 6.07 Å². The van der Waals surface area contributed by atoms with Crippen LogP contribution < -0.4 is 24.9 Å². The highest BCUT2D eigenvalue weighted by Gasteiger charge is 2.49. The van der Waals surface area contributed by atoms with Gasteiger partial charge in [0.2, 0.25) is 5.91 Å². The Balaban J connectivity index is 0.716. The number of carbonyl (C=O) groups is 3. The van der Waals surface area contributed by atoms with E-state index in [2.05, 4.69) is 67.1 Å². The van der Waals surface area contributed by atoms with Crippen LogP contribution in [-0.4, -0.2) is 105 Å². The maximum absolute atomic E-state index is 13.6. The Bertz CT molecular complexity index is 2050. The molecule has 11 nitrogen and oxygen atoms in total. The number of halogens is 1. The van der Waals surface area contributed by atoms with Crippen LogP contribution >= 0.6 is 11.6 Å². The minimum Gasteiger partial charge on any atom is -0.371 e. The molecule has 0 radical (unpaired) electrons. The van der Waals surface area contributed by atoms with Crippen LogP contribution in [0, 0.1) is 22.2 Å². The number of urea groups is 1. The van der Waals surface area contributed by atoms with Crippen LogP contribution in [0.2, 0.25) is 5.02 Å². The Labute approximate surface area is 341 Å². The number of hydrogen-bond acceptors (Lipinski definition) is 8. The molecule has 1 N–H and O–H groups in total. The zero-order chi connectivity index (χ0) is 39.3. The van der Waals surface area contributed by atoms with E-state index in [9.17, 15) is 19.6 Å². The molecule has 3 aromatic rings. The van der Waals surface area contributed by atoms with Crippen molar-refractivity contribution < 1.29 is 14.4 Å². The van der Waals surface area contributed by atoms with Crippen molar-refractivity contribution in [2.45, 2.75) is 70.4 Å². The first-order chi connectivity index (χ1) is 27.6. The van der Waals surface area contributed by atoms with Crippen LogP contribution in [0.15, 0.2) is 66.7 Å². The number of anilines is 4. The van der Waals surface area contributed by atoms with E-state index in [1.54, 1.807) is 4.90 Å². The van der Waals surface area contributed by atoms with Gasteiger partial charge in [0.15, 0.2) is 0 Å². The molecule has 0 bridgehead atoms. The van der Waals surface area contributed by atoms with Crippen LogP contribution in [0.3, 0.4) is 0 Å². The van der Waals surface area contributed by atoms with E-state index >= 15 is 0 Å². The summed E-state index contributed by atoms with van der Waals surface area (Å²) in [5, 5.41) is 12.2. The minimum absolute atomic E-state index is 0.155. The van der Waals surface area contributed by atoms with Crippen LogP contribution in [0.25, 0.3) is 0 Å². The number of piperidine rings is 2. The zero-order valence-corrected chi connectivity index (χ0v) is 33.7. The van der Waals surface area contributed by atoms with Gasteiger partial charge in [-0.1, -0.05) is 17.7 Å². The number of amides is 4. The van der Waals surface area contributed by atoms with Crippen molar-refractivity contribution in [3.05, 3.63) is 82.9 Å². The topological polar surface area (TPSA) is 106 Å². The Morgan fingerprint density at radius 3 is 2.11 bits per heavy atom. The molecule has 1 unspecified atom stereocenters. The van der Waals surface area contributed by atoms with Crippen LogP contribution in [-0.2, 0) is 4.79 Å². The van der Waals surface area contributed by atoms with E-state index in [0.29, 0.717) is 41.1 Å². The Kier molecular flexibility index (Phi) is 10.1. The third-order valence-corrected chi connectivity index (χ3v) is 14.6. The summed E-state index contributed by atoms with van der Waals surface area (Å²) >= 11 is 6.39. The van der Waals surface area contributed by atoms with Crippen molar-refractivity contribution in [2.75, 3.05) is 85.0 Å². The normalized spacial score (nSPS) is 23.8. The molecule has 5 heterocycles. The van der Waals surface area contributed by atoms with Crippen molar-refractivity contribution in [1.82, 2.24) is 15.1 Å². The van der Waals surface area contributed by atoms with E-state index in [0.717, 1.165) is 114 Å². The number of carbonyl (C=O) groups excluding carboxylic acids is 3. The summed E-state index contributed by atoms with van der Waals surface area (Å²) in [5.74, 6) is -0.0618. The van der Waals surface area contributed by atoms with Gasteiger partial charge in [0, 0.05) is 112 Å². The van der Waals surface area contributed by atoms with Crippen molar-refractivity contribution in [3.8, 4) is 6.07 Å². The number of nitriles is 1. The van der Waals surface area contributed by atoms with E-state index in [1.807, 2.05) is 42.5 Å². The molecule has 9 rings (SSSR count). The SMILES string of the molecule is CC1CC2(CCN(c3ccc(C(=O)N4CCC5(CC4)CC(N4CCN(c6cccc(N7CCC(=O)NC7=O)c6)CC4)C5)cc3)CC2)CN1c1ccc(C#N)c(Cl)c1. The fourth-order valence-electron chi connectivity index (χ4n) is 10.8. The minimum atomic E-state index is -0.347. The van der Waals surface area contributed by atoms with Crippen molar-refractivity contribution in [3.63, 3.8) is 0 Å². The number of likely N-dealkylation sites (tertiary alicyclic amines) is 1. The van der Waals surface area contributed by atoms with Crippen LogP contribution in [0.5, 0.6) is 0 Å². The smallest absolute Gasteiger partial charge is 0.328 e. The first-order valence-electron chi connectivity index (χ1n) is 20.9. The third-order valence-electron chi connectivity index (χ3n) is 14.3. The molecule has 1 saturated carbocycles. The predicted octanol–water partition coefficient (Wildman–Crippen LogP) is 6.75. The van der Waals surface area contributed by atoms with Gasteiger partial charge in [-0.15, -0.1) is 0 Å². The summed E-state index contributed by atoms with van der Waals surface area (Å²) in [7, 11) is 0. The van der Waals surface area contributed by atoms with Gasteiger partial charge in [0.05, 0.1) is 10.6 Å². The number of nitrogens with one attached hydrogen (secondary N) is 1. The number of nitrogens with zero attached hydrogens (tertiary/aromatic N) is 7. The van der Waals surface area contributed by atoms with E-state index in [1.165, 1.54) is 18.5 Å². The molecule has 3 aromatic carbocycles. The lowest BCUT2D eigenvalue weighted by atomic mass is 9.60. The largest absolute Gasteiger partial charge is 0.371 e. The lowest BCUT2D eigenvalue weighted by Crippen LogP contribution is -2.59. The second kappa shape index (κ2) is 15.2. The number of rotatable bonds is 6. The molecule has 4 amide bonds. The highest BCUT2D eigenvalue weighted by Crippen LogP contribution is 2.51. The van der Waals surface area contributed by atoms with Crippen LogP contribution in [0.1, 0.15) is 74.2 Å². The molecular formula is C45H53ClN8O3.